The highest BCUT2D eigenvalue weighted by Gasteiger charge is 2.24. The SMILES string of the molecule is CC.CC.CCOC(=O)N1CCC(Nc2ncc3cc(Oc4ccccc4F)c(=O)n(C)c3n2)CC1. The Hall–Kier alpha value is -3.69. The molecule has 3 heterocycles. The van der Waals surface area contributed by atoms with Gasteiger partial charge < -0.3 is 19.7 Å². The monoisotopic (exact) mass is 501 g/mol. The zero-order valence-corrected chi connectivity index (χ0v) is 21.9. The van der Waals surface area contributed by atoms with Crippen molar-refractivity contribution in [1.29, 1.82) is 0 Å². The van der Waals surface area contributed by atoms with E-state index in [0.29, 0.717) is 36.7 Å². The van der Waals surface area contributed by atoms with Crippen molar-refractivity contribution >= 4 is 23.1 Å². The third-order valence-electron chi connectivity index (χ3n) is 5.33. The number of aromatic nitrogens is 3. The second-order valence-electron chi connectivity index (χ2n) is 7.48. The first kappa shape index (κ1) is 28.5. The van der Waals surface area contributed by atoms with Crippen molar-refractivity contribution in [2.24, 2.45) is 7.05 Å². The van der Waals surface area contributed by atoms with Crippen LogP contribution < -0.4 is 15.6 Å². The summed E-state index contributed by atoms with van der Waals surface area (Å²) < 4.78 is 25.8. The number of para-hydroxylation sites is 1. The topological polar surface area (TPSA) is 98.6 Å². The van der Waals surface area contributed by atoms with Crippen LogP contribution in [0.25, 0.3) is 11.0 Å². The lowest BCUT2D eigenvalue weighted by molar-refractivity contribution is 0.0983. The van der Waals surface area contributed by atoms with Gasteiger partial charge in [-0.2, -0.15) is 4.98 Å². The summed E-state index contributed by atoms with van der Waals surface area (Å²) in [4.78, 5) is 35.1. The molecule has 1 amide bonds. The average molecular weight is 502 g/mol. The molecular weight excluding hydrogens is 465 g/mol. The van der Waals surface area contributed by atoms with Crippen LogP contribution in [0.4, 0.5) is 15.1 Å². The average Bonchev–Trinajstić information content (AvgIpc) is 2.91. The van der Waals surface area contributed by atoms with Gasteiger partial charge in [0, 0.05) is 37.8 Å². The van der Waals surface area contributed by atoms with Gasteiger partial charge in [0.05, 0.1) is 6.61 Å². The number of likely N-dealkylation sites (tertiary alicyclic amines) is 1. The zero-order chi connectivity index (χ0) is 26.7. The van der Waals surface area contributed by atoms with Gasteiger partial charge in [-0.15, -0.1) is 0 Å². The summed E-state index contributed by atoms with van der Waals surface area (Å²) in [6.07, 6.45) is 2.76. The number of fused-ring (bicyclic) bond motifs is 1. The number of rotatable bonds is 5. The van der Waals surface area contributed by atoms with Crippen LogP contribution in [0.5, 0.6) is 11.5 Å². The Bertz CT molecular complexity index is 1190. The van der Waals surface area contributed by atoms with Crippen LogP contribution in [0.15, 0.2) is 41.3 Å². The number of amides is 1. The summed E-state index contributed by atoms with van der Waals surface area (Å²) in [5.74, 6) is -0.206. The normalized spacial score (nSPS) is 13.1. The number of hydrogen-bond donors (Lipinski definition) is 1. The Kier molecular flexibility index (Phi) is 11.1. The van der Waals surface area contributed by atoms with Gasteiger partial charge >= 0.3 is 6.09 Å². The number of carbonyl (C=O) groups excluding carboxylic acids is 1. The Morgan fingerprint density at radius 1 is 1.14 bits per heavy atom. The van der Waals surface area contributed by atoms with Crippen molar-refractivity contribution in [1.82, 2.24) is 19.4 Å². The van der Waals surface area contributed by atoms with Crippen molar-refractivity contribution in [3.63, 3.8) is 0 Å². The fourth-order valence-corrected chi connectivity index (χ4v) is 3.61. The van der Waals surface area contributed by atoms with Gasteiger partial charge in [-0.1, -0.05) is 39.8 Å². The van der Waals surface area contributed by atoms with E-state index in [0.717, 1.165) is 12.8 Å². The maximum Gasteiger partial charge on any atom is 0.409 e. The van der Waals surface area contributed by atoms with Crippen LogP contribution in [-0.4, -0.2) is 51.3 Å². The van der Waals surface area contributed by atoms with Crippen LogP contribution in [0.3, 0.4) is 0 Å². The summed E-state index contributed by atoms with van der Waals surface area (Å²) in [5.41, 5.74) is -0.00880. The predicted octanol–water partition coefficient (Wildman–Crippen LogP) is 5.35. The molecule has 0 spiro atoms. The number of aryl methyl sites for hydroxylation is 1. The molecule has 2 aromatic heterocycles. The number of halogens is 1. The minimum Gasteiger partial charge on any atom is -0.450 e. The molecule has 0 bridgehead atoms. The summed E-state index contributed by atoms with van der Waals surface area (Å²) in [7, 11) is 1.58. The predicted molar refractivity (Wildman–Crippen MR) is 139 cm³/mol. The molecule has 0 atom stereocenters. The van der Waals surface area contributed by atoms with Gasteiger partial charge in [0.2, 0.25) is 5.95 Å². The van der Waals surface area contributed by atoms with E-state index in [4.69, 9.17) is 9.47 Å². The number of nitrogens with zero attached hydrogens (tertiary/aromatic N) is 4. The Morgan fingerprint density at radius 2 is 1.81 bits per heavy atom. The van der Waals surface area contributed by atoms with E-state index in [1.807, 2.05) is 27.7 Å². The van der Waals surface area contributed by atoms with Gasteiger partial charge in [-0.05, 0) is 38.0 Å². The van der Waals surface area contributed by atoms with Crippen molar-refractivity contribution in [3.8, 4) is 11.5 Å². The van der Waals surface area contributed by atoms with Crippen molar-refractivity contribution in [3.05, 3.63) is 52.7 Å². The number of hydrogen-bond acceptors (Lipinski definition) is 7. The third-order valence-corrected chi connectivity index (χ3v) is 5.33. The van der Waals surface area contributed by atoms with Crippen LogP contribution in [-0.2, 0) is 11.8 Å². The van der Waals surface area contributed by atoms with Crippen LogP contribution in [0.1, 0.15) is 47.5 Å². The van der Waals surface area contributed by atoms with Gasteiger partial charge in [0.1, 0.15) is 5.65 Å². The Balaban J connectivity index is 0.00000109. The molecule has 1 N–H and O–H groups in total. The van der Waals surface area contributed by atoms with Crippen molar-refractivity contribution < 1.29 is 18.7 Å². The van der Waals surface area contributed by atoms with E-state index < -0.39 is 11.4 Å². The molecule has 3 aromatic rings. The largest absolute Gasteiger partial charge is 0.450 e. The van der Waals surface area contributed by atoms with Crippen LogP contribution in [0.2, 0.25) is 0 Å². The number of nitrogens with one attached hydrogen (secondary N) is 1. The van der Waals surface area contributed by atoms with E-state index in [2.05, 4.69) is 15.3 Å². The summed E-state index contributed by atoms with van der Waals surface area (Å²) in [6, 6.07) is 7.49. The molecule has 10 heteroatoms. The standard InChI is InChI=1S/C22H24FN5O4.2C2H6/c1-3-31-22(30)28-10-8-15(9-11-28)25-21-24-13-14-12-18(20(29)27(2)19(14)26-21)32-17-7-5-4-6-16(17)23;2*1-2/h4-7,12-13,15H,3,8-11H2,1-2H3,(H,24,25,26);2*1-2H3. The number of piperidine rings is 1. The summed E-state index contributed by atoms with van der Waals surface area (Å²) >= 11 is 0. The van der Waals surface area contributed by atoms with Crippen molar-refractivity contribution in [2.75, 3.05) is 25.0 Å². The smallest absolute Gasteiger partial charge is 0.409 e. The quantitative estimate of drug-likeness (QED) is 0.503. The molecule has 0 radical (unpaired) electrons. The second-order valence-corrected chi connectivity index (χ2v) is 7.48. The highest BCUT2D eigenvalue weighted by Crippen LogP contribution is 2.24. The minimum atomic E-state index is -0.556. The summed E-state index contributed by atoms with van der Waals surface area (Å²) in [6.45, 7) is 11.3. The van der Waals surface area contributed by atoms with Gasteiger partial charge in [0.25, 0.3) is 5.56 Å². The molecule has 0 unspecified atom stereocenters. The van der Waals surface area contributed by atoms with E-state index in [1.165, 1.54) is 22.8 Å². The van der Waals surface area contributed by atoms with Gasteiger partial charge in [-0.25, -0.2) is 14.2 Å². The fourth-order valence-electron chi connectivity index (χ4n) is 3.61. The molecule has 1 saturated heterocycles. The maximum absolute atomic E-state index is 13.9. The lowest BCUT2D eigenvalue weighted by Crippen LogP contribution is -2.42. The minimum absolute atomic E-state index is 0.0132. The number of carbonyl (C=O) groups is 1. The van der Waals surface area contributed by atoms with E-state index >= 15 is 0 Å². The molecule has 4 rings (SSSR count). The molecule has 1 fully saturated rings. The van der Waals surface area contributed by atoms with Crippen molar-refractivity contribution in [2.45, 2.75) is 53.5 Å². The van der Waals surface area contributed by atoms with Crippen LogP contribution in [0, 0.1) is 5.82 Å². The lowest BCUT2D eigenvalue weighted by Gasteiger charge is -2.31. The van der Waals surface area contributed by atoms with E-state index in [9.17, 15) is 14.0 Å². The lowest BCUT2D eigenvalue weighted by atomic mass is 10.1. The highest BCUT2D eigenvalue weighted by atomic mass is 19.1. The molecule has 1 aliphatic rings. The first-order valence-corrected chi connectivity index (χ1v) is 12.4. The number of benzene rings is 1. The Morgan fingerprint density at radius 3 is 2.44 bits per heavy atom. The molecule has 36 heavy (non-hydrogen) atoms. The third kappa shape index (κ3) is 6.93. The Labute approximate surface area is 211 Å². The molecule has 9 nitrogen and oxygen atoms in total. The molecule has 1 aliphatic heterocycles. The van der Waals surface area contributed by atoms with E-state index in [-0.39, 0.29) is 23.6 Å². The number of pyridine rings is 1. The summed E-state index contributed by atoms with van der Waals surface area (Å²) in [5, 5.41) is 3.86. The maximum atomic E-state index is 13.9. The van der Waals surface area contributed by atoms with Crippen LogP contribution >= 0.6 is 0 Å². The number of anilines is 1. The highest BCUT2D eigenvalue weighted by molar-refractivity contribution is 5.76. The van der Waals surface area contributed by atoms with E-state index in [1.54, 1.807) is 37.2 Å². The van der Waals surface area contributed by atoms with Gasteiger partial charge in [-0.3, -0.25) is 9.36 Å². The van der Waals surface area contributed by atoms with Gasteiger partial charge in [0.15, 0.2) is 17.3 Å². The second kappa shape index (κ2) is 14.0. The first-order valence-electron chi connectivity index (χ1n) is 12.4. The molecule has 0 saturated carbocycles. The fraction of sp³-hybridized carbons (Fsp3) is 0.462. The molecule has 0 aliphatic carbocycles. The molecule has 1 aromatic carbocycles. The molecule has 196 valence electrons. The number of ether oxygens (including phenoxy) is 2. The zero-order valence-electron chi connectivity index (χ0n) is 21.9. The first-order chi connectivity index (χ1) is 17.5. The molecular formula is C26H36FN5O4.